The number of piperidine rings is 1. The summed E-state index contributed by atoms with van der Waals surface area (Å²) >= 11 is 0. The standard InChI is InChI=1S/C18H24N4O/c1-13-9-14(2)20-18(19-13)21-16-6-4-8-22(12-16)11-15-5-3-7-17(23)10-15/h3,5,7,9-10,16,23H,4,6,8,11-12H2,1-2H3,(H,19,20,21)/t16-/m0/s1. The number of phenolic OH excluding ortho intramolecular Hbond substituents is 1. The first-order valence-corrected chi connectivity index (χ1v) is 8.17. The van der Waals surface area contributed by atoms with Crippen LogP contribution in [0.1, 0.15) is 29.8 Å². The number of aromatic hydroxyl groups is 1. The predicted octanol–water partition coefficient (Wildman–Crippen LogP) is 2.88. The fourth-order valence-electron chi connectivity index (χ4n) is 3.20. The molecule has 1 aromatic heterocycles. The maximum absolute atomic E-state index is 9.59. The number of hydrogen-bond acceptors (Lipinski definition) is 5. The molecule has 0 radical (unpaired) electrons. The van der Waals surface area contributed by atoms with Gasteiger partial charge in [-0.3, -0.25) is 4.90 Å². The van der Waals surface area contributed by atoms with Gasteiger partial charge in [-0.1, -0.05) is 12.1 Å². The first-order chi connectivity index (χ1) is 11.1. The topological polar surface area (TPSA) is 61.3 Å². The van der Waals surface area contributed by atoms with Crippen LogP contribution in [-0.4, -0.2) is 39.1 Å². The second kappa shape index (κ2) is 6.96. The predicted molar refractivity (Wildman–Crippen MR) is 91.5 cm³/mol. The van der Waals surface area contributed by atoms with Gasteiger partial charge in [-0.2, -0.15) is 0 Å². The Labute approximate surface area is 137 Å². The van der Waals surface area contributed by atoms with E-state index >= 15 is 0 Å². The molecule has 2 aromatic rings. The molecular formula is C18H24N4O. The molecule has 2 heterocycles. The highest BCUT2D eigenvalue weighted by molar-refractivity contribution is 5.30. The van der Waals surface area contributed by atoms with Gasteiger partial charge in [-0.25, -0.2) is 9.97 Å². The fourth-order valence-corrected chi connectivity index (χ4v) is 3.20. The van der Waals surface area contributed by atoms with Crippen LogP contribution in [0, 0.1) is 13.8 Å². The van der Waals surface area contributed by atoms with Crippen molar-refractivity contribution in [2.24, 2.45) is 0 Å². The third-order valence-corrected chi connectivity index (χ3v) is 4.14. The highest BCUT2D eigenvalue weighted by Gasteiger charge is 2.20. The van der Waals surface area contributed by atoms with Gasteiger partial charge in [-0.05, 0) is 57.0 Å². The number of hydrogen-bond donors (Lipinski definition) is 2. The summed E-state index contributed by atoms with van der Waals surface area (Å²) < 4.78 is 0. The van der Waals surface area contributed by atoms with E-state index in [1.54, 1.807) is 6.07 Å². The Morgan fingerprint density at radius 2 is 2.00 bits per heavy atom. The number of rotatable bonds is 4. The molecule has 1 aliphatic rings. The summed E-state index contributed by atoms with van der Waals surface area (Å²) in [6, 6.07) is 9.85. The lowest BCUT2D eigenvalue weighted by Crippen LogP contribution is -2.41. The van der Waals surface area contributed by atoms with E-state index in [0.717, 1.165) is 55.4 Å². The second-order valence-electron chi connectivity index (χ2n) is 6.36. The molecule has 3 rings (SSSR count). The van der Waals surface area contributed by atoms with Crippen molar-refractivity contribution in [2.75, 3.05) is 18.4 Å². The molecule has 0 amide bonds. The Morgan fingerprint density at radius 3 is 2.74 bits per heavy atom. The lowest BCUT2D eigenvalue weighted by molar-refractivity contribution is 0.208. The molecule has 0 saturated carbocycles. The van der Waals surface area contributed by atoms with Gasteiger partial charge in [0, 0.05) is 30.5 Å². The van der Waals surface area contributed by atoms with Crippen LogP contribution < -0.4 is 5.32 Å². The van der Waals surface area contributed by atoms with Crippen LogP contribution in [0.2, 0.25) is 0 Å². The molecule has 5 nitrogen and oxygen atoms in total. The number of nitrogens with one attached hydrogen (secondary N) is 1. The quantitative estimate of drug-likeness (QED) is 0.909. The number of aryl methyl sites for hydroxylation is 2. The minimum absolute atomic E-state index is 0.331. The van der Waals surface area contributed by atoms with Crippen molar-refractivity contribution in [1.29, 1.82) is 0 Å². The van der Waals surface area contributed by atoms with Crippen molar-refractivity contribution >= 4 is 5.95 Å². The minimum atomic E-state index is 0.331. The molecule has 23 heavy (non-hydrogen) atoms. The number of benzene rings is 1. The number of aromatic nitrogens is 2. The molecule has 0 aliphatic carbocycles. The van der Waals surface area contributed by atoms with E-state index in [9.17, 15) is 5.11 Å². The third-order valence-electron chi connectivity index (χ3n) is 4.14. The molecule has 0 unspecified atom stereocenters. The smallest absolute Gasteiger partial charge is 0.223 e. The molecule has 2 N–H and O–H groups in total. The average Bonchev–Trinajstić information content (AvgIpc) is 2.46. The minimum Gasteiger partial charge on any atom is -0.508 e. The van der Waals surface area contributed by atoms with Crippen molar-refractivity contribution in [3.8, 4) is 5.75 Å². The molecule has 1 saturated heterocycles. The summed E-state index contributed by atoms with van der Waals surface area (Å²) in [4.78, 5) is 11.4. The van der Waals surface area contributed by atoms with Gasteiger partial charge in [-0.15, -0.1) is 0 Å². The van der Waals surface area contributed by atoms with Gasteiger partial charge in [0.15, 0.2) is 0 Å². The van der Waals surface area contributed by atoms with Crippen molar-refractivity contribution in [3.63, 3.8) is 0 Å². The van der Waals surface area contributed by atoms with Crippen LogP contribution in [0.3, 0.4) is 0 Å². The molecule has 1 aromatic carbocycles. The van der Waals surface area contributed by atoms with Crippen LogP contribution in [0.25, 0.3) is 0 Å². The van der Waals surface area contributed by atoms with E-state index in [1.165, 1.54) is 0 Å². The van der Waals surface area contributed by atoms with E-state index in [4.69, 9.17) is 0 Å². The maximum atomic E-state index is 9.59. The van der Waals surface area contributed by atoms with Gasteiger partial charge in [0.05, 0.1) is 0 Å². The monoisotopic (exact) mass is 312 g/mol. The van der Waals surface area contributed by atoms with Crippen LogP contribution in [0.4, 0.5) is 5.95 Å². The zero-order valence-corrected chi connectivity index (χ0v) is 13.8. The number of anilines is 1. The van der Waals surface area contributed by atoms with E-state index in [1.807, 2.05) is 32.0 Å². The Hall–Kier alpha value is -2.14. The van der Waals surface area contributed by atoms with Crippen LogP contribution in [0.15, 0.2) is 30.3 Å². The SMILES string of the molecule is Cc1cc(C)nc(N[C@H]2CCCN(Cc3cccc(O)c3)C2)n1. The maximum Gasteiger partial charge on any atom is 0.223 e. The summed E-state index contributed by atoms with van der Waals surface area (Å²) in [6.45, 7) is 6.90. The largest absolute Gasteiger partial charge is 0.508 e. The summed E-state index contributed by atoms with van der Waals surface area (Å²) in [7, 11) is 0. The fraction of sp³-hybridized carbons (Fsp3) is 0.444. The van der Waals surface area contributed by atoms with E-state index in [-0.39, 0.29) is 0 Å². The summed E-state index contributed by atoms with van der Waals surface area (Å²) in [5.74, 6) is 1.06. The van der Waals surface area contributed by atoms with Crippen LogP contribution >= 0.6 is 0 Å². The molecule has 122 valence electrons. The number of nitrogens with zero attached hydrogens (tertiary/aromatic N) is 3. The van der Waals surface area contributed by atoms with Gasteiger partial charge < -0.3 is 10.4 Å². The lowest BCUT2D eigenvalue weighted by atomic mass is 10.0. The molecule has 1 atom stereocenters. The molecule has 1 aliphatic heterocycles. The van der Waals surface area contributed by atoms with Crippen molar-refractivity contribution in [1.82, 2.24) is 14.9 Å². The Kier molecular flexibility index (Phi) is 4.76. The van der Waals surface area contributed by atoms with Gasteiger partial charge in [0.2, 0.25) is 5.95 Å². The average molecular weight is 312 g/mol. The molecule has 1 fully saturated rings. The summed E-state index contributed by atoms with van der Waals surface area (Å²) in [5, 5.41) is 13.1. The van der Waals surface area contributed by atoms with Crippen molar-refractivity contribution in [2.45, 2.75) is 39.3 Å². The normalized spacial score (nSPS) is 18.8. The van der Waals surface area contributed by atoms with E-state index in [2.05, 4.69) is 26.3 Å². The Bertz CT molecular complexity index is 654. The van der Waals surface area contributed by atoms with E-state index < -0.39 is 0 Å². The highest BCUT2D eigenvalue weighted by Crippen LogP contribution is 2.18. The molecular weight excluding hydrogens is 288 g/mol. The molecule has 0 bridgehead atoms. The summed E-state index contributed by atoms with van der Waals surface area (Å²) in [5.41, 5.74) is 3.13. The third kappa shape index (κ3) is 4.42. The second-order valence-corrected chi connectivity index (χ2v) is 6.36. The van der Waals surface area contributed by atoms with Crippen molar-refractivity contribution < 1.29 is 5.11 Å². The first kappa shape index (κ1) is 15.7. The molecule has 5 heteroatoms. The zero-order chi connectivity index (χ0) is 16.2. The number of phenols is 1. The Morgan fingerprint density at radius 1 is 1.22 bits per heavy atom. The Balaban J connectivity index is 1.61. The first-order valence-electron chi connectivity index (χ1n) is 8.17. The van der Waals surface area contributed by atoms with Crippen LogP contribution in [0.5, 0.6) is 5.75 Å². The molecule has 0 spiro atoms. The zero-order valence-electron chi connectivity index (χ0n) is 13.8. The summed E-state index contributed by atoms with van der Waals surface area (Å²) in [6.07, 6.45) is 2.29. The lowest BCUT2D eigenvalue weighted by Gasteiger charge is -2.33. The van der Waals surface area contributed by atoms with Crippen LogP contribution in [-0.2, 0) is 6.54 Å². The number of likely N-dealkylation sites (tertiary alicyclic amines) is 1. The van der Waals surface area contributed by atoms with Gasteiger partial charge >= 0.3 is 0 Å². The van der Waals surface area contributed by atoms with E-state index in [0.29, 0.717) is 11.8 Å². The highest BCUT2D eigenvalue weighted by atomic mass is 16.3. The van der Waals surface area contributed by atoms with Gasteiger partial charge in [0.25, 0.3) is 0 Å². The van der Waals surface area contributed by atoms with Gasteiger partial charge in [0.1, 0.15) is 5.75 Å². The van der Waals surface area contributed by atoms with Crippen molar-refractivity contribution in [3.05, 3.63) is 47.3 Å².